The van der Waals surface area contributed by atoms with Crippen LogP contribution < -0.4 is 0 Å². The molecule has 0 saturated carbocycles. The lowest BCUT2D eigenvalue weighted by atomic mass is 9.93. The number of aliphatic hydroxyl groups is 1. The number of benzene rings is 1. The predicted molar refractivity (Wildman–Crippen MR) is 127 cm³/mol. The van der Waals surface area contributed by atoms with E-state index in [2.05, 4.69) is 23.8 Å². The number of carbonyl (C=O) groups excluding carboxylic acids is 2. The van der Waals surface area contributed by atoms with Crippen LogP contribution in [0.25, 0.3) is 0 Å². The van der Waals surface area contributed by atoms with E-state index in [0.29, 0.717) is 36.0 Å². The highest BCUT2D eigenvalue weighted by molar-refractivity contribution is 7.14. The molecule has 0 radical (unpaired) electrons. The van der Waals surface area contributed by atoms with Gasteiger partial charge in [0.1, 0.15) is 0 Å². The van der Waals surface area contributed by atoms with Gasteiger partial charge in [-0.25, -0.2) is 9.97 Å². The lowest BCUT2D eigenvalue weighted by Gasteiger charge is -2.27. The molecule has 1 aliphatic heterocycles. The largest absolute Gasteiger partial charge is 0.503 e. The SMILES string of the molecule is Cc1nc(C)c(C(=O)C2=C(O)C(=O)N(CCCn3ccnc3)C2c2ccc(C(C)C)cc2)s1. The number of Topliss-reactive ketones (excluding diaryl/α,β-unsaturated/α-hetero) is 1. The summed E-state index contributed by atoms with van der Waals surface area (Å²) in [5, 5.41) is 11.6. The summed E-state index contributed by atoms with van der Waals surface area (Å²) in [5.41, 5.74) is 2.72. The van der Waals surface area contributed by atoms with Gasteiger partial charge in [-0.2, -0.15) is 0 Å². The van der Waals surface area contributed by atoms with Crippen LogP contribution in [0.5, 0.6) is 0 Å². The van der Waals surface area contributed by atoms with Crippen LogP contribution in [0.2, 0.25) is 0 Å². The summed E-state index contributed by atoms with van der Waals surface area (Å²) < 4.78 is 1.94. The van der Waals surface area contributed by atoms with E-state index in [1.165, 1.54) is 16.9 Å². The van der Waals surface area contributed by atoms with Gasteiger partial charge >= 0.3 is 0 Å². The summed E-state index contributed by atoms with van der Waals surface area (Å²) in [7, 11) is 0. The number of rotatable bonds is 8. The molecule has 2 aromatic heterocycles. The zero-order chi connectivity index (χ0) is 23.7. The molecule has 0 spiro atoms. The molecule has 0 bridgehead atoms. The number of aryl methyl sites for hydroxylation is 3. The molecule has 4 rings (SSSR count). The summed E-state index contributed by atoms with van der Waals surface area (Å²) in [6, 6.07) is 7.30. The van der Waals surface area contributed by atoms with Gasteiger partial charge in [0.15, 0.2) is 5.76 Å². The highest BCUT2D eigenvalue weighted by atomic mass is 32.1. The van der Waals surface area contributed by atoms with Gasteiger partial charge in [0, 0.05) is 25.5 Å². The lowest BCUT2D eigenvalue weighted by Crippen LogP contribution is -2.32. The minimum atomic E-state index is -0.643. The van der Waals surface area contributed by atoms with Crippen molar-refractivity contribution < 1.29 is 14.7 Å². The molecule has 172 valence electrons. The van der Waals surface area contributed by atoms with Crippen molar-refractivity contribution in [2.45, 2.75) is 52.6 Å². The van der Waals surface area contributed by atoms with Crippen molar-refractivity contribution in [1.82, 2.24) is 19.4 Å². The molecule has 0 fully saturated rings. The van der Waals surface area contributed by atoms with Crippen molar-refractivity contribution in [2.75, 3.05) is 6.54 Å². The van der Waals surface area contributed by atoms with Crippen LogP contribution in [0.3, 0.4) is 0 Å². The predicted octanol–water partition coefficient (Wildman–Crippen LogP) is 4.75. The maximum Gasteiger partial charge on any atom is 0.290 e. The standard InChI is InChI=1S/C25H28N4O3S/c1-15(2)18-6-8-19(9-7-18)21-20(22(30)24-16(3)27-17(4)33-24)23(31)25(32)29(21)12-5-11-28-13-10-26-14-28/h6-10,13-15,21,31H,5,11-12H2,1-4H3. The molecule has 3 heterocycles. The number of hydrogen-bond acceptors (Lipinski definition) is 6. The summed E-state index contributed by atoms with van der Waals surface area (Å²) in [4.78, 5) is 37.2. The second-order valence-corrected chi connectivity index (χ2v) is 9.82. The van der Waals surface area contributed by atoms with Gasteiger partial charge in [-0.15, -0.1) is 11.3 Å². The van der Waals surface area contributed by atoms with E-state index in [1.54, 1.807) is 24.3 Å². The maximum absolute atomic E-state index is 13.6. The van der Waals surface area contributed by atoms with Gasteiger partial charge in [-0.3, -0.25) is 9.59 Å². The van der Waals surface area contributed by atoms with Crippen LogP contribution >= 0.6 is 11.3 Å². The van der Waals surface area contributed by atoms with Gasteiger partial charge in [0.25, 0.3) is 5.91 Å². The highest BCUT2D eigenvalue weighted by Crippen LogP contribution is 2.40. The number of nitrogens with zero attached hydrogens (tertiary/aromatic N) is 4. The highest BCUT2D eigenvalue weighted by Gasteiger charge is 2.44. The minimum Gasteiger partial charge on any atom is -0.503 e. The molecule has 1 unspecified atom stereocenters. The zero-order valence-corrected chi connectivity index (χ0v) is 20.1. The molecular formula is C25H28N4O3S. The Morgan fingerprint density at radius 2 is 1.91 bits per heavy atom. The minimum absolute atomic E-state index is 0.131. The van der Waals surface area contributed by atoms with Crippen molar-refractivity contribution in [3.8, 4) is 0 Å². The van der Waals surface area contributed by atoms with E-state index < -0.39 is 17.7 Å². The maximum atomic E-state index is 13.6. The first-order chi connectivity index (χ1) is 15.8. The van der Waals surface area contributed by atoms with Crippen LogP contribution in [0.4, 0.5) is 0 Å². The molecule has 1 aromatic carbocycles. The Hall–Kier alpha value is -3.26. The van der Waals surface area contributed by atoms with Crippen molar-refractivity contribution in [3.05, 3.63) is 81.0 Å². The summed E-state index contributed by atoms with van der Waals surface area (Å²) >= 11 is 1.29. The van der Waals surface area contributed by atoms with Crippen LogP contribution in [-0.2, 0) is 11.3 Å². The van der Waals surface area contributed by atoms with E-state index in [0.717, 1.165) is 10.6 Å². The molecule has 0 saturated heterocycles. The van der Waals surface area contributed by atoms with Crippen LogP contribution in [0.15, 0.2) is 54.3 Å². The molecule has 0 aliphatic carbocycles. The second-order valence-electron chi connectivity index (χ2n) is 8.62. The monoisotopic (exact) mass is 464 g/mol. The first kappa shape index (κ1) is 22.9. The van der Waals surface area contributed by atoms with Crippen LogP contribution in [-0.4, -0.2) is 42.8 Å². The first-order valence-corrected chi connectivity index (χ1v) is 11.9. The topological polar surface area (TPSA) is 88.3 Å². The van der Waals surface area contributed by atoms with Crippen LogP contribution in [0.1, 0.15) is 63.7 Å². The summed E-state index contributed by atoms with van der Waals surface area (Å²) in [6.45, 7) is 8.93. The van der Waals surface area contributed by atoms with E-state index in [-0.39, 0.29) is 11.4 Å². The number of hydrogen-bond donors (Lipinski definition) is 1. The number of aromatic nitrogens is 3. The number of imidazole rings is 1. The van der Waals surface area contributed by atoms with E-state index in [4.69, 9.17) is 0 Å². The smallest absolute Gasteiger partial charge is 0.290 e. The van der Waals surface area contributed by atoms with Gasteiger partial charge in [-0.1, -0.05) is 38.1 Å². The molecule has 3 aromatic rings. The van der Waals surface area contributed by atoms with E-state index >= 15 is 0 Å². The molecular weight excluding hydrogens is 436 g/mol. The molecule has 1 aliphatic rings. The molecule has 1 N–H and O–H groups in total. The lowest BCUT2D eigenvalue weighted by molar-refractivity contribution is -0.129. The van der Waals surface area contributed by atoms with Crippen molar-refractivity contribution in [1.29, 1.82) is 0 Å². The van der Waals surface area contributed by atoms with Gasteiger partial charge in [0.2, 0.25) is 5.78 Å². The zero-order valence-electron chi connectivity index (χ0n) is 19.3. The second kappa shape index (κ2) is 9.31. The first-order valence-electron chi connectivity index (χ1n) is 11.1. The third-order valence-corrected chi connectivity index (χ3v) is 7.02. The fourth-order valence-electron chi connectivity index (χ4n) is 4.23. The third kappa shape index (κ3) is 4.48. The Kier molecular flexibility index (Phi) is 6.47. The quantitative estimate of drug-likeness (QED) is 0.486. The van der Waals surface area contributed by atoms with Crippen molar-refractivity contribution in [3.63, 3.8) is 0 Å². The Balaban J connectivity index is 1.70. The third-order valence-electron chi connectivity index (χ3n) is 5.95. The number of aliphatic hydroxyl groups excluding tert-OH is 1. The fourth-order valence-corrected chi connectivity index (χ4v) is 5.11. The Bertz CT molecular complexity index is 1190. The van der Waals surface area contributed by atoms with E-state index in [9.17, 15) is 14.7 Å². The molecule has 8 heteroatoms. The Morgan fingerprint density at radius 1 is 1.18 bits per heavy atom. The molecule has 33 heavy (non-hydrogen) atoms. The average Bonchev–Trinajstić information content (AvgIpc) is 3.48. The van der Waals surface area contributed by atoms with Gasteiger partial charge in [0.05, 0.1) is 33.5 Å². The average molecular weight is 465 g/mol. The van der Waals surface area contributed by atoms with Crippen LogP contribution in [0, 0.1) is 13.8 Å². The Labute approximate surface area is 197 Å². The van der Waals surface area contributed by atoms with Gasteiger partial charge < -0.3 is 14.6 Å². The van der Waals surface area contributed by atoms with Crippen molar-refractivity contribution in [2.24, 2.45) is 0 Å². The fraction of sp³-hybridized carbons (Fsp3) is 0.360. The van der Waals surface area contributed by atoms with Crippen molar-refractivity contribution >= 4 is 23.0 Å². The van der Waals surface area contributed by atoms with Gasteiger partial charge in [-0.05, 0) is 37.3 Å². The Morgan fingerprint density at radius 3 is 2.48 bits per heavy atom. The molecule has 7 nitrogen and oxygen atoms in total. The number of ketones is 1. The molecule has 1 atom stereocenters. The number of thiazole rings is 1. The summed E-state index contributed by atoms with van der Waals surface area (Å²) in [6.07, 6.45) is 5.97. The number of amides is 1. The molecule has 1 amide bonds. The normalized spacial score (nSPS) is 16.3. The van der Waals surface area contributed by atoms with E-state index in [1.807, 2.05) is 42.0 Å². The summed E-state index contributed by atoms with van der Waals surface area (Å²) in [5.74, 6) is -0.950. The number of carbonyl (C=O) groups is 2.